The topological polar surface area (TPSA) is 82.7 Å². The second-order valence-corrected chi connectivity index (χ2v) is 5.84. The highest BCUT2D eigenvalue weighted by Gasteiger charge is 2.10. The van der Waals surface area contributed by atoms with Crippen molar-refractivity contribution in [2.75, 3.05) is 13.2 Å². The van der Waals surface area contributed by atoms with Gasteiger partial charge in [0.25, 0.3) is 0 Å². The van der Waals surface area contributed by atoms with Crippen molar-refractivity contribution in [3.8, 4) is 6.07 Å². The second kappa shape index (κ2) is 14.0. The molecule has 1 N–H and O–H groups in total. The lowest BCUT2D eigenvalue weighted by Crippen LogP contribution is -2.17. The van der Waals surface area contributed by atoms with Crippen LogP contribution in [0.15, 0.2) is 16.6 Å². The Balaban J connectivity index is 4.18. The highest BCUT2D eigenvalue weighted by atomic mass is 16.5. The van der Waals surface area contributed by atoms with E-state index in [2.05, 4.69) is 11.9 Å². The van der Waals surface area contributed by atoms with Gasteiger partial charge in [-0.1, -0.05) is 52.5 Å². The summed E-state index contributed by atoms with van der Waals surface area (Å²) in [6.45, 7) is 6.45. The SMILES string of the molecule is CCCCCCCOC(=O)/C(C#N)=C\CC=NC(CO)C(C)C. The molecule has 0 spiro atoms. The van der Waals surface area contributed by atoms with Gasteiger partial charge in [-0.15, -0.1) is 0 Å². The van der Waals surface area contributed by atoms with E-state index >= 15 is 0 Å². The number of carbonyl (C=O) groups excluding carboxylic acids is 1. The second-order valence-electron chi connectivity index (χ2n) is 5.84. The fraction of sp³-hybridized carbons (Fsp3) is 0.722. The van der Waals surface area contributed by atoms with Gasteiger partial charge < -0.3 is 9.84 Å². The van der Waals surface area contributed by atoms with Crippen molar-refractivity contribution in [1.82, 2.24) is 0 Å². The van der Waals surface area contributed by atoms with Crippen molar-refractivity contribution in [3.05, 3.63) is 11.6 Å². The van der Waals surface area contributed by atoms with Crippen LogP contribution in [0.3, 0.4) is 0 Å². The van der Waals surface area contributed by atoms with E-state index in [9.17, 15) is 4.79 Å². The van der Waals surface area contributed by atoms with Gasteiger partial charge in [0.1, 0.15) is 11.6 Å². The third kappa shape index (κ3) is 10.6. The number of esters is 1. The van der Waals surface area contributed by atoms with E-state index in [4.69, 9.17) is 15.1 Å². The molecule has 0 aliphatic heterocycles. The molecule has 1 unspecified atom stereocenters. The Labute approximate surface area is 140 Å². The van der Waals surface area contributed by atoms with Gasteiger partial charge in [-0.25, -0.2) is 4.79 Å². The molecule has 0 fully saturated rings. The number of hydrogen-bond acceptors (Lipinski definition) is 5. The van der Waals surface area contributed by atoms with Crippen molar-refractivity contribution < 1.29 is 14.6 Å². The molecule has 0 radical (unpaired) electrons. The molecule has 0 saturated heterocycles. The lowest BCUT2D eigenvalue weighted by molar-refractivity contribution is -0.138. The highest BCUT2D eigenvalue weighted by molar-refractivity contribution is 5.93. The van der Waals surface area contributed by atoms with Gasteiger partial charge in [-0.2, -0.15) is 5.26 Å². The maximum Gasteiger partial charge on any atom is 0.348 e. The van der Waals surface area contributed by atoms with Gasteiger partial charge in [0.05, 0.1) is 19.3 Å². The summed E-state index contributed by atoms with van der Waals surface area (Å²) in [5, 5.41) is 18.2. The lowest BCUT2D eigenvalue weighted by atomic mass is 10.1. The molecular formula is C18H30N2O3. The van der Waals surface area contributed by atoms with E-state index in [0.717, 1.165) is 19.3 Å². The van der Waals surface area contributed by atoms with Crippen LogP contribution in [0.4, 0.5) is 0 Å². The quantitative estimate of drug-likeness (QED) is 0.196. The fourth-order valence-corrected chi connectivity index (χ4v) is 1.92. The number of ether oxygens (including phenoxy) is 1. The molecule has 0 aliphatic rings. The summed E-state index contributed by atoms with van der Waals surface area (Å²) in [4.78, 5) is 16.0. The Bertz CT molecular complexity index is 422. The monoisotopic (exact) mass is 322 g/mol. The van der Waals surface area contributed by atoms with Crippen LogP contribution < -0.4 is 0 Å². The number of nitriles is 1. The molecule has 0 aromatic heterocycles. The van der Waals surface area contributed by atoms with Gasteiger partial charge in [-0.05, 0) is 12.3 Å². The van der Waals surface area contributed by atoms with Gasteiger partial charge >= 0.3 is 5.97 Å². The molecule has 1 atom stereocenters. The average molecular weight is 322 g/mol. The average Bonchev–Trinajstić information content (AvgIpc) is 2.53. The molecule has 0 saturated carbocycles. The van der Waals surface area contributed by atoms with Crippen LogP contribution in [0.5, 0.6) is 0 Å². The van der Waals surface area contributed by atoms with Crippen LogP contribution in [0, 0.1) is 17.2 Å². The summed E-state index contributed by atoms with van der Waals surface area (Å²) >= 11 is 0. The molecular weight excluding hydrogens is 292 g/mol. The maximum atomic E-state index is 11.8. The largest absolute Gasteiger partial charge is 0.462 e. The third-order valence-corrected chi connectivity index (χ3v) is 3.50. The van der Waals surface area contributed by atoms with Gasteiger partial charge in [0, 0.05) is 12.6 Å². The van der Waals surface area contributed by atoms with E-state index < -0.39 is 5.97 Å². The van der Waals surface area contributed by atoms with Crippen LogP contribution in [0.1, 0.15) is 59.3 Å². The van der Waals surface area contributed by atoms with Crippen molar-refractivity contribution in [2.24, 2.45) is 10.9 Å². The van der Waals surface area contributed by atoms with E-state index in [1.165, 1.54) is 18.9 Å². The molecule has 0 amide bonds. The Morgan fingerprint density at radius 3 is 2.57 bits per heavy atom. The molecule has 130 valence electrons. The van der Waals surface area contributed by atoms with Crippen LogP contribution in [0.25, 0.3) is 0 Å². The number of aliphatic imine (C=N–C) groups is 1. The predicted molar refractivity (Wildman–Crippen MR) is 92.2 cm³/mol. The van der Waals surface area contributed by atoms with Crippen molar-refractivity contribution in [1.29, 1.82) is 5.26 Å². The number of carbonyl (C=O) groups is 1. The minimum absolute atomic E-state index is 0.00936. The van der Waals surface area contributed by atoms with E-state index in [1.54, 1.807) is 6.21 Å². The van der Waals surface area contributed by atoms with Gasteiger partial charge in [-0.3, -0.25) is 4.99 Å². The van der Waals surface area contributed by atoms with Crippen molar-refractivity contribution in [2.45, 2.75) is 65.3 Å². The lowest BCUT2D eigenvalue weighted by Gasteiger charge is -2.12. The molecule has 23 heavy (non-hydrogen) atoms. The smallest absolute Gasteiger partial charge is 0.348 e. The maximum absolute atomic E-state index is 11.8. The Hall–Kier alpha value is -1.67. The van der Waals surface area contributed by atoms with Crippen molar-refractivity contribution in [3.63, 3.8) is 0 Å². The fourth-order valence-electron chi connectivity index (χ4n) is 1.92. The molecule has 0 aromatic rings. The zero-order chi connectivity index (χ0) is 17.5. The minimum atomic E-state index is -0.570. The molecule has 5 nitrogen and oxygen atoms in total. The number of unbranched alkanes of at least 4 members (excludes halogenated alkanes) is 4. The van der Waals surface area contributed by atoms with Gasteiger partial charge in [0.2, 0.25) is 0 Å². The molecule has 0 aromatic carbocycles. The molecule has 0 heterocycles. The zero-order valence-electron chi connectivity index (χ0n) is 14.6. The first kappa shape index (κ1) is 21.3. The number of allylic oxidation sites excluding steroid dienone is 1. The number of rotatable bonds is 12. The molecule has 0 aliphatic carbocycles. The van der Waals surface area contributed by atoms with Crippen LogP contribution in [-0.2, 0) is 9.53 Å². The molecule has 0 bridgehead atoms. The summed E-state index contributed by atoms with van der Waals surface area (Å²) in [6.07, 6.45) is 8.90. The first-order valence-electron chi connectivity index (χ1n) is 8.46. The van der Waals surface area contributed by atoms with Crippen LogP contribution in [-0.4, -0.2) is 36.5 Å². The van der Waals surface area contributed by atoms with Crippen LogP contribution >= 0.6 is 0 Å². The first-order chi connectivity index (χ1) is 11.1. The van der Waals surface area contributed by atoms with Crippen molar-refractivity contribution >= 4 is 12.2 Å². The summed E-state index contributed by atoms with van der Waals surface area (Å²) < 4.78 is 5.10. The van der Waals surface area contributed by atoms with E-state index in [0.29, 0.717) is 13.0 Å². The van der Waals surface area contributed by atoms with Gasteiger partial charge in [0.15, 0.2) is 0 Å². The number of aliphatic hydroxyl groups excluding tert-OH is 1. The highest BCUT2D eigenvalue weighted by Crippen LogP contribution is 2.06. The first-order valence-corrected chi connectivity index (χ1v) is 8.46. The number of hydrogen-bond donors (Lipinski definition) is 1. The third-order valence-electron chi connectivity index (χ3n) is 3.50. The standard InChI is InChI=1S/C18H30N2O3/c1-4-5-6-7-8-12-23-18(22)16(13-19)10-9-11-20-17(14-21)15(2)3/h10-11,15,17,21H,4-9,12,14H2,1-3H3/b16-10-,20-11?. The normalized spacial score (nSPS) is 13.3. The molecule has 0 rings (SSSR count). The summed E-state index contributed by atoms with van der Waals surface area (Å²) in [5.74, 6) is -0.327. The molecule has 5 heteroatoms. The predicted octanol–water partition coefficient (Wildman–Crippen LogP) is 3.43. The summed E-state index contributed by atoms with van der Waals surface area (Å²) in [5.41, 5.74) is 0.00936. The van der Waals surface area contributed by atoms with E-state index in [-0.39, 0.29) is 24.1 Å². The number of nitrogens with zero attached hydrogens (tertiary/aromatic N) is 2. The summed E-state index contributed by atoms with van der Waals surface area (Å²) in [7, 11) is 0. The zero-order valence-corrected chi connectivity index (χ0v) is 14.6. The number of aliphatic hydroxyl groups is 1. The Morgan fingerprint density at radius 2 is 2.00 bits per heavy atom. The van der Waals surface area contributed by atoms with E-state index in [1.807, 2.05) is 19.9 Å². The van der Waals surface area contributed by atoms with Crippen LogP contribution in [0.2, 0.25) is 0 Å². The Kier molecular flexibility index (Phi) is 12.9. The minimum Gasteiger partial charge on any atom is -0.462 e. The summed E-state index contributed by atoms with van der Waals surface area (Å²) in [6, 6.07) is 1.71. The Morgan fingerprint density at radius 1 is 1.30 bits per heavy atom.